The molecule has 54 heavy (non-hydrogen) atoms. The minimum Gasteiger partial charge on any atom is -0.458 e. The lowest BCUT2D eigenvalue weighted by Crippen LogP contribution is -2.30. The van der Waals surface area contributed by atoms with Crippen LogP contribution in [0.15, 0.2) is 206 Å². The highest BCUT2D eigenvalue weighted by Gasteiger charge is 2.21. The summed E-state index contributed by atoms with van der Waals surface area (Å²) >= 11 is 0. The molecule has 7 aromatic rings. The highest BCUT2D eigenvalue weighted by atomic mass is 16.5. The summed E-state index contributed by atoms with van der Waals surface area (Å²) in [7, 11) is 0. The van der Waals surface area contributed by atoms with E-state index in [4.69, 9.17) is 9.47 Å². The van der Waals surface area contributed by atoms with Crippen LogP contribution in [0.3, 0.4) is 0 Å². The van der Waals surface area contributed by atoms with Crippen molar-refractivity contribution in [1.82, 2.24) is 0 Å². The Morgan fingerprint density at radius 3 is 1.33 bits per heavy atom. The number of ether oxygens (including phenoxy) is 2. The van der Waals surface area contributed by atoms with E-state index in [9.17, 15) is 0 Å². The van der Waals surface area contributed by atoms with Crippen LogP contribution in [0.5, 0.6) is 17.2 Å². The van der Waals surface area contributed by atoms with Crippen molar-refractivity contribution in [2.24, 2.45) is 0 Å². The van der Waals surface area contributed by atoms with Crippen molar-refractivity contribution in [3.8, 4) is 28.4 Å². The second kappa shape index (κ2) is 15.9. The number of para-hydroxylation sites is 2. The normalized spacial score (nSPS) is 13.5. The van der Waals surface area contributed by atoms with Gasteiger partial charge in [0.25, 0.3) is 0 Å². The van der Waals surface area contributed by atoms with E-state index in [-0.39, 0.29) is 6.04 Å². The topological polar surface area (TPSA) is 24.9 Å². The van der Waals surface area contributed by atoms with Gasteiger partial charge in [-0.25, -0.2) is 0 Å². The van der Waals surface area contributed by atoms with E-state index in [1.165, 1.54) is 11.1 Å². The van der Waals surface area contributed by atoms with Crippen molar-refractivity contribution in [3.63, 3.8) is 0 Å². The van der Waals surface area contributed by atoms with Crippen LogP contribution in [-0.2, 0) is 0 Å². The Labute approximate surface area is 318 Å². The Bertz CT molecular complexity index is 2330. The molecule has 1 unspecified atom stereocenters. The Hall–Kier alpha value is -6.78. The number of hydrogen-bond donors (Lipinski definition) is 0. The first-order chi connectivity index (χ1) is 26.6. The first-order valence-electron chi connectivity index (χ1n) is 18.4. The standard InChI is InChI=1S/C50H42N2O2/c1-37-13-29-47(30-14-37)53-49-33-25-45(26-34-49)51(41-9-5-3-6-10-41)43-21-17-39(18-22-43)40-19-23-44(24-20-40)52(42-11-7-4-8-12-42)46-27-35-50(36-28-46)54-48-31-15-38(2)16-32-48/h3-27,29-36,46H,28H2,1-2H3. The minimum absolute atomic E-state index is 0.148. The summed E-state index contributed by atoms with van der Waals surface area (Å²) in [5.74, 6) is 3.35. The SMILES string of the molecule is Cc1ccc(OC2=CCC(N(c3ccccc3)c3ccc(-c4ccc(N(c5ccccc5)c5ccc(Oc6ccc(C)cc6)cc5)cc4)cc3)C=C2)cc1. The summed E-state index contributed by atoms with van der Waals surface area (Å²) in [6.07, 6.45) is 7.34. The summed E-state index contributed by atoms with van der Waals surface area (Å²) in [5.41, 5.74) is 10.2. The molecule has 0 saturated heterocycles. The minimum atomic E-state index is 0.148. The maximum absolute atomic E-state index is 6.16. The molecule has 0 spiro atoms. The molecule has 4 heteroatoms. The number of anilines is 5. The molecule has 0 bridgehead atoms. The largest absolute Gasteiger partial charge is 0.458 e. The molecule has 0 aromatic heterocycles. The lowest BCUT2D eigenvalue weighted by atomic mass is 10.0. The summed E-state index contributed by atoms with van der Waals surface area (Å²) in [4.78, 5) is 4.67. The Morgan fingerprint density at radius 2 is 0.833 bits per heavy atom. The fourth-order valence-corrected chi connectivity index (χ4v) is 6.77. The summed E-state index contributed by atoms with van der Waals surface area (Å²) < 4.78 is 12.3. The molecule has 264 valence electrons. The molecule has 0 aliphatic heterocycles. The molecule has 7 aromatic carbocycles. The molecule has 0 radical (unpaired) electrons. The van der Waals surface area contributed by atoms with Gasteiger partial charge in [-0.2, -0.15) is 0 Å². The van der Waals surface area contributed by atoms with Gasteiger partial charge in [-0.3, -0.25) is 0 Å². The zero-order valence-corrected chi connectivity index (χ0v) is 30.5. The van der Waals surface area contributed by atoms with E-state index in [0.29, 0.717) is 0 Å². The number of benzene rings is 7. The fourth-order valence-electron chi connectivity index (χ4n) is 6.77. The molecule has 1 atom stereocenters. The van der Waals surface area contributed by atoms with Crippen molar-refractivity contribution >= 4 is 28.4 Å². The first-order valence-corrected chi connectivity index (χ1v) is 18.4. The molecule has 4 nitrogen and oxygen atoms in total. The van der Waals surface area contributed by atoms with Crippen molar-refractivity contribution in [2.75, 3.05) is 9.80 Å². The van der Waals surface area contributed by atoms with Crippen LogP contribution in [0.2, 0.25) is 0 Å². The quantitative estimate of drug-likeness (QED) is 0.134. The van der Waals surface area contributed by atoms with Crippen LogP contribution >= 0.6 is 0 Å². The van der Waals surface area contributed by atoms with Gasteiger partial charge in [0, 0.05) is 28.4 Å². The predicted molar refractivity (Wildman–Crippen MR) is 224 cm³/mol. The Kier molecular flexibility index (Phi) is 10.1. The van der Waals surface area contributed by atoms with Gasteiger partial charge in [0.05, 0.1) is 6.04 Å². The van der Waals surface area contributed by atoms with E-state index in [2.05, 4.69) is 181 Å². The van der Waals surface area contributed by atoms with Crippen LogP contribution in [-0.4, -0.2) is 6.04 Å². The zero-order chi connectivity index (χ0) is 36.7. The van der Waals surface area contributed by atoms with Crippen LogP contribution in [0.25, 0.3) is 11.1 Å². The third-order valence-corrected chi connectivity index (χ3v) is 9.64. The van der Waals surface area contributed by atoms with Crippen molar-refractivity contribution in [2.45, 2.75) is 26.3 Å². The summed E-state index contributed by atoms with van der Waals surface area (Å²) in [6, 6.07) is 63.5. The molecule has 1 aliphatic carbocycles. The molecule has 0 N–H and O–H groups in total. The second-order valence-corrected chi connectivity index (χ2v) is 13.6. The first kappa shape index (κ1) is 34.3. The third kappa shape index (κ3) is 7.99. The lowest BCUT2D eigenvalue weighted by molar-refractivity contribution is 0.437. The smallest absolute Gasteiger partial charge is 0.127 e. The maximum Gasteiger partial charge on any atom is 0.127 e. The molecule has 0 amide bonds. The second-order valence-electron chi connectivity index (χ2n) is 13.6. The van der Waals surface area contributed by atoms with E-state index < -0.39 is 0 Å². The van der Waals surface area contributed by atoms with Crippen LogP contribution < -0.4 is 19.3 Å². The molecule has 8 rings (SSSR count). The molecule has 0 saturated carbocycles. The van der Waals surface area contributed by atoms with Crippen LogP contribution in [0.4, 0.5) is 28.4 Å². The van der Waals surface area contributed by atoms with Gasteiger partial charge in [0.2, 0.25) is 0 Å². The number of rotatable bonds is 11. The molecule has 0 fully saturated rings. The van der Waals surface area contributed by atoms with E-state index >= 15 is 0 Å². The number of hydrogen-bond acceptors (Lipinski definition) is 4. The van der Waals surface area contributed by atoms with Gasteiger partial charge in [-0.05, 0) is 141 Å². The van der Waals surface area contributed by atoms with Crippen molar-refractivity contribution in [3.05, 3.63) is 217 Å². The van der Waals surface area contributed by atoms with E-state index in [1.54, 1.807) is 0 Å². The van der Waals surface area contributed by atoms with Crippen molar-refractivity contribution < 1.29 is 9.47 Å². The Morgan fingerprint density at radius 1 is 0.426 bits per heavy atom. The van der Waals surface area contributed by atoms with Gasteiger partial charge in [-0.15, -0.1) is 0 Å². The lowest BCUT2D eigenvalue weighted by Gasteiger charge is -2.33. The predicted octanol–water partition coefficient (Wildman–Crippen LogP) is 13.7. The van der Waals surface area contributed by atoms with Gasteiger partial charge >= 0.3 is 0 Å². The fraction of sp³-hybridized carbons (Fsp3) is 0.0800. The summed E-state index contributed by atoms with van der Waals surface area (Å²) in [5, 5.41) is 0. The van der Waals surface area contributed by atoms with Gasteiger partial charge in [0.1, 0.15) is 23.0 Å². The molecular weight excluding hydrogens is 661 g/mol. The number of aryl methyl sites for hydroxylation is 2. The van der Waals surface area contributed by atoms with Crippen LogP contribution in [0.1, 0.15) is 17.5 Å². The zero-order valence-electron chi connectivity index (χ0n) is 30.5. The Balaban J connectivity index is 1.01. The van der Waals surface area contributed by atoms with Gasteiger partial charge in [-0.1, -0.05) is 102 Å². The maximum atomic E-state index is 6.16. The van der Waals surface area contributed by atoms with Crippen LogP contribution in [0, 0.1) is 13.8 Å². The van der Waals surface area contributed by atoms with Crippen molar-refractivity contribution in [1.29, 1.82) is 0 Å². The number of nitrogens with zero attached hydrogens (tertiary/aromatic N) is 2. The summed E-state index contributed by atoms with van der Waals surface area (Å²) in [6.45, 7) is 4.16. The molecular formula is C50H42N2O2. The highest BCUT2D eigenvalue weighted by Crippen LogP contribution is 2.38. The highest BCUT2D eigenvalue weighted by molar-refractivity contribution is 5.79. The van der Waals surface area contributed by atoms with E-state index in [1.807, 2.05) is 42.5 Å². The average Bonchev–Trinajstić information content (AvgIpc) is 3.22. The van der Waals surface area contributed by atoms with Gasteiger partial charge < -0.3 is 19.3 Å². The molecule has 1 aliphatic rings. The monoisotopic (exact) mass is 702 g/mol. The van der Waals surface area contributed by atoms with E-state index in [0.717, 1.165) is 69.0 Å². The number of allylic oxidation sites excluding steroid dienone is 1. The average molecular weight is 703 g/mol. The third-order valence-electron chi connectivity index (χ3n) is 9.64. The van der Waals surface area contributed by atoms with Gasteiger partial charge in [0.15, 0.2) is 0 Å². The molecule has 0 heterocycles.